The van der Waals surface area contributed by atoms with Crippen molar-refractivity contribution in [1.82, 2.24) is 10.2 Å². The summed E-state index contributed by atoms with van der Waals surface area (Å²) in [6.07, 6.45) is 0.244. The first-order valence-electron chi connectivity index (χ1n) is 14.5. The highest BCUT2D eigenvalue weighted by molar-refractivity contribution is 7.92. The summed E-state index contributed by atoms with van der Waals surface area (Å²) in [7, 11) is -4.15. The Labute approximate surface area is 265 Å². The Kier molecular flexibility index (Phi) is 10.8. The molecule has 2 amide bonds. The topological polar surface area (TPSA) is 86.8 Å². The Balaban J connectivity index is 1.82. The molecule has 0 saturated carbocycles. The van der Waals surface area contributed by atoms with Crippen LogP contribution in [-0.4, -0.2) is 43.8 Å². The molecule has 0 fully saturated rings. The second kappa shape index (κ2) is 14.6. The lowest BCUT2D eigenvalue weighted by Gasteiger charge is -2.34. The molecule has 1 atom stereocenters. The minimum absolute atomic E-state index is 0.0644. The summed E-state index contributed by atoms with van der Waals surface area (Å²) in [5.74, 6) is -0.839. The molecule has 4 aromatic rings. The molecular formula is C35H38ClN3O4S. The number of halogens is 1. The third-order valence-corrected chi connectivity index (χ3v) is 9.11. The van der Waals surface area contributed by atoms with Crippen LogP contribution in [0.1, 0.15) is 36.1 Å². The van der Waals surface area contributed by atoms with Crippen LogP contribution in [0.4, 0.5) is 5.69 Å². The van der Waals surface area contributed by atoms with Crippen molar-refractivity contribution in [3.05, 3.63) is 130 Å². The SMILES string of the molecule is Cc1cc(C)cc(N(CC(=O)N(Cc2ccc(Cl)cc2)C(Cc2ccccc2)C(=O)NC(C)C)S(=O)(=O)c2ccccc2)c1. The van der Waals surface area contributed by atoms with E-state index < -0.39 is 28.5 Å². The maximum absolute atomic E-state index is 14.5. The van der Waals surface area contributed by atoms with E-state index in [0.717, 1.165) is 26.6 Å². The van der Waals surface area contributed by atoms with Crippen molar-refractivity contribution >= 4 is 39.1 Å². The molecule has 4 aromatic carbocycles. The highest BCUT2D eigenvalue weighted by Gasteiger charge is 2.35. The second-order valence-corrected chi connectivity index (χ2v) is 13.5. The fourth-order valence-corrected chi connectivity index (χ4v) is 6.61. The van der Waals surface area contributed by atoms with Gasteiger partial charge in [0.1, 0.15) is 12.6 Å². The number of carbonyl (C=O) groups is 2. The monoisotopic (exact) mass is 631 g/mol. The standard InChI is InChI=1S/C35H38ClN3O4S/c1-25(2)37-35(41)33(22-28-11-7-5-8-12-28)38(23-29-15-17-30(36)18-16-29)34(40)24-39(31-20-26(3)19-27(4)21-31)44(42,43)32-13-9-6-10-14-32/h5-21,25,33H,22-24H2,1-4H3,(H,37,41). The van der Waals surface area contributed by atoms with Crippen molar-refractivity contribution in [2.45, 2.75) is 57.6 Å². The summed E-state index contributed by atoms with van der Waals surface area (Å²) in [5, 5.41) is 3.51. The molecule has 7 nitrogen and oxygen atoms in total. The second-order valence-electron chi connectivity index (χ2n) is 11.2. The van der Waals surface area contributed by atoms with Gasteiger partial charge in [-0.3, -0.25) is 13.9 Å². The van der Waals surface area contributed by atoms with Crippen LogP contribution in [0, 0.1) is 13.8 Å². The van der Waals surface area contributed by atoms with E-state index >= 15 is 0 Å². The number of hydrogen-bond donors (Lipinski definition) is 1. The lowest BCUT2D eigenvalue weighted by molar-refractivity contribution is -0.140. The maximum atomic E-state index is 14.5. The third-order valence-electron chi connectivity index (χ3n) is 7.07. The minimum atomic E-state index is -4.15. The van der Waals surface area contributed by atoms with E-state index in [-0.39, 0.29) is 29.8 Å². The van der Waals surface area contributed by atoms with E-state index in [1.807, 2.05) is 64.1 Å². The number of nitrogens with one attached hydrogen (secondary N) is 1. The smallest absolute Gasteiger partial charge is 0.264 e. The average molecular weight is 632 g/mol. The van der Waals surface area contributed by atoms with Crippen molar-refractivity contribution in [1.29, 1.82) is 0 Å². The fraction of sp³-hybridized carbons (Fsp3) is 0.257. The van der Waals surface area contributed by atoms with Crippen molar-refractivity contribution in [2.24, 2.45) is 0 Å². The lowest BCUT2D eigenvalue weighted by atomic mass is 10.0. The number of rotatable bonds is 12. The van der Waals surface area contributed by atoms with Crippen LogP contribution >= 0.6 is 11.6 Å². The molecule has 1 unspecified atom stereocenters. The first-order valence-corrected chi connectivity index (χ1v) is 16.3. The quantitative estimate of drug-likeness (QED) is 0.198. The van der Waals surface area contributed by atoms with Crippen LogP contribution in [0.5, 0.6) is 0 Å². The molecule has 230 valence electrons. The molecular weight excluding hydrogens is 594 g/mol. The summed E-state index contributed by atoms with van der Waals surface area (Å²) in [4.78, 5) is 29.8. The number of carbonyl (C=O) groups excluding carboxylic acids is 2. The molecule has 0 aromatic heterocycles. The van der Waals surface area contributed by atoms with Gasteiger partial charge in [0, 0.05) is 24.0 Å². The van der Waals surface area contributed by atoms with Crippen molar-refractivity contribution in [3.8, 4) is 0 Å². The van der Waals surface area contributed by atoms with Crippen LogP contribution in [0.3, 0.4) is 0 Å². The average Bonchev–Trinajstić information content (AvgIpc) is 2.98. The van der Waals surface area contributed by atoms with Crippen LogP contribution in [0.25, 0.3) is 0 Å². The summed E-state index contributed by atoms with van der Waals surface area (Å²) in [6, 6.07) is 28.9. The van der Waals surface area contributed by atoms with Gasteiger partial charge in [-0.05, 0) is 86.3 Å². The van der Waals surface area contributed by atoms with Gasteiger partial charge in [-0.1, -0.05) is 78.3 Å². The number of benzene rings is 4. The molecule has 44 heavy (non-hydrogen) atoms. The number of hydrogen-bond acceptors (Lipinski definition) is 4. The predicted molar refractivity (Wildman–Crippen MR) is 176 cm³/mol. The molecule has 0 aliphatic carbocycles. The Bertz CT molecular complexity index is 1660. The molecule has 0 aliphatic heterocycles. The Morgan fingerprint density at radius 2 is 1.36 bits per heavy atom. The first-order chi connectivity index (χ1) is 20.9. The summed E-state index contributed by atoms with van der Waals surface area (Å²) in [5.41, 5.74) is 3.71. The van der Waals surface area contributed by atoms with Gasteiger partial charge in [0.15, 0.2) is 0 Å². The molecule has 0 saturated heterocycles. The number of aryl methyl sites for hydroxylation is 2. The van der Waals surface area contributed by atoms with E-state index in [1.165, 1.54) is 17.0 Å². The van der Waals surface area contributed by atoms with E-state index in [0.29, 0.717) is 10.7 Å². The summed E-state index contributed by atoms with van der Waals surface area (Å²) >= 11 is 6.14. The summed E-state index contributed by atoms with van der Waals surface area (Å²) < 4.78 is 29.4. The van der Waals surface area contributed by atoms with Gasteiger partial charge in [-0.2, -0.15) is 0 Å². The van der Waals surface area contributed by atoms with Gasteiger partial charge in [-0.15, -0.1) is 0 Å². The third kappa shape index (κ3) is 8.49. The number of anilines is 1. The highest BCUT2D eigenvalue weighted by atomic mass is 35.5. The number of sulfonamides is 1. The van der Waals surface area contributed by atoms with Gasteiger partial charge in [0.2, 0.25) is 11.8 Å². The molecule has 0 aliphatic rings. The van der Waals surface area contributed by atoms with Crippen molar-refractivity contribution in [2.75, 3.05) is 10.8 Å². The van der Waals surface area contributed by atoms with Crippen LogP contribution < -0.4 is 9.62 Å². The van der Waals surface area contributed by atoms with Gasteiger partial charge in [-0.25, -0.2) is 8.42 Å². The number of nitrogens with zero attached hydrogens (tertiary/aromatic N) is 2. The highest BCUT2D eigenvalue weighted by Crippen LogP contribution is 2.27. The van der Waals surface area contributed by atoms with Crippen molar-refractivity contribution in [3.63, 3.8) is 0 Å². The maximum Gasteiger partial charge on any atom is 0.264 e. The molecule has 0 spiro atoms. The zero-order chi connectivity index (χ0) is 31.9. The normalized spacial score (nSPS) is 12.0. The molecule has 9 heteroatoms. The molecule has 1 N–H and O–H groups in total. The zero-order valence-electron chi connectivity index (χ0n) is 25.4. The summed E-state index contributed by atoms with van der Waals surface area (Å²) in [6.45, 7) is 7.04. The Hall–Kier alpha value is -4.14. The predicted octanol–water partition coefficient (Wildman–Crippen LogP) is 6.32. The van der Waals surface area contributed by atoms with Crippen molar-refractivity contribution < 1.29 is 18.0 Å². The largest absolute Gasteiger partial charge is 0.352 e. The van der Waals surface area contributed by atoms with Crippen LogP contribution in [0.15, 0.2) is 108 Å². The first kappa shape index (κ1) is 32.8. The zero-order valence-corrected chi connectivity index (χ0v) is 27.0. The van der Waals surface area contributed by atoms with Gasteiger partial charge in [0.25, 0.3) is 10.0 Å². The fourth-order valence-electron chi connectivity index (χ4n) is 5.06. The van der Waals surface area contributed by atoms with E-state index in [4.69, 9.17) is 11.6 Å². The Morgan fingerprint density at radius 3 is 1.93 bits per heavy atom. The van der Waals surface area contributed by atoms with E-state index in [9.17, 15) is 18.0 Å². The molecule has 0 heterocycles. The lowest BCUT2D eigenvalue weighted by Crippen LogP contribution is -2.54. The Morgan fingerprint density at radius 1 is 0.795 bits per heavy atom. The molecule has 4 rings (SSSR count). The van der Waals surface area contributed by atoms with E-state index in [2.05, 4.69) is 5.32 Å². The number of amides is 2. The van der Waals surface area contributed by atoms with E-state index in [1.54, 1.807) is 54.6 Å². The van der Waals surface area contributed by atoms with Crippen LogP contribution in [0.2, 0.25) is 5.02 Å². The van der Waals surface area contributed by atoms with Gasteiger partial charge < -0.3 is 10.2 Å². The minimum Gasteiger partial charge on any atom is -0.352 e. The molecule has 0 bridgehead atoms. The van der Waals surface area contributed by atoms with Crippen LogP contribution in [-0.2, 0) is 32.6 Å². The molecule has 0 radical (unpaired) electrons. The van der Waals surface area contributed by atoms with Gasteiger partial charge >= 0.3 is 0 Å². The van der Waals surface area contributed by atoms with Gasteiger partial charge in [0.05, 0.1) is 10.6 Å².